The number of anilines is 1. The van der Waals surface area contributed by atoms with Crippen molar-refractivity contribution in [3.63, 3.8) is 0 Å². The minimum Gasteiger partial charge on any atom is -0.356 e. The summed E-state index contributed by atoms with van der Waals surface area (Å²) >= 11 is 1.54. The lowest BCUT2D eigenvalue weighted by Crippen LogP contribution is -2.59. The van der Waals surface area contributed by atoms with Crippen molar-refractivity contribution in [2.75, 3.05) is 5.32 Å². The van der Waals surface area contributed by atoms with Gasteiger partial charge < -0.3 is 20.5 Å². The van der Waals surface area contributed by atoms with Gasteiger partial charge in [-0.3, -0.25) is 5.32 Å². The Balaban J connectivity index is 1.37. The van der Waals surface area contributed by atoms with Gasteiger partial charge in [-0.05, 0) is 97.8 Å². The van der Waals surface area contributed by atoms with Gasteiger partial charge in [0.25, 0.3) is 0 Å². The van der Waals surface area contributed by atoms with Crippen LogP contribution in [0.1, 0.15) is 96.7 Å². The van der Waals surface area contributed by atoms with Crippen molar-refractivity contribution in [2.45, 2.75) is 120 Å². The minimum absolute atomic E-state index is 0.0726. The quantitative estimate of drug-likeness (QED) is 0.149. The molecule has 10 nitrogen and oxygen atoms in total. The Bertz CT molecular complexity index is 1610. The van der Waals surface area contributed by atoms with Crippen LogP contribution in [-0.4, -0.2) is 48.1 Å². The molecule has 0 spiro atoms. The number of urea groups is 1. The summed E-state index contributed by atoms with van der Waals surface area (Å²) in [4.78, 5) is 18.6. The number of benzene rings is 2. The zero-order valence-corrected chi connectivity index (χ0v) is 29.1. The number of aliphatic hydroxyl groups is 1. The highest BCUT2D eigenvalue weighted by atomic mass is 32.2. The van der Waals surface area contributed by atoms with Crippen LogP contribution in [0.25, 0.3) is 10.4 Å². The maximum absolute atomic E-state index is 13.8. The van der Waals surface area contributed by atoms with Crippen LogP contribution in [0.4, 0.5) is 10.5 Å². The average Bonchev–Trinajstić information content (AvgIpc) is 3.48. The van der Waals surface area contributed by atoms with Gasteiger partial charge in [-0.15, -0.1) is 11.3 Å². The molecule has 3 saturated carbocycles. The predicted octanol–water partition coefficient (Wildman–Crippen LogP) is 6.40. The maximum Gasteiger partial charge on any atom is 0.319 e. The summed E-state index contributed by atoms with van der Waals surface area (Å²) in [6, 6.07) is 13.9. The molecule has 46 heavy (non-hydrogen) atoms. The molecule has 2 atom stereocenters. The van der Waals surface area contributed by atoms with Gasteiger partial charge in [-0.25, -0.2) is 22.9 Å². The van der Waals surface area contributed by atoms with Crippen molar-refractivity contribution >= 4 is 33.1 Å². The fourth-order valence-corrected chi connectivity index (χ4v) is 9.55. The van der Waals surface area contributed by atoms with E-state index in [1.807, 2.05) is 51.1 Å². The number of nitrogens with zero attached hydrogens (tertiary/aromatic N) is 1. The molecule has 12 heteroatoms. The summed E-state index contributed by atoms with van der Waals surface area (Å²) in [7, 11) is -3.96. The summed E-state index contributed by atoms with van der Waals surface area (Å²) in [5, 5.41) is 20.5. The van der Waals surface area contributed by atoms with E-state index < -0.39 is 28.0 Å². The molecule has 0 aliphatic heterocycles. The zero-order chi connectivity index (χ0) is 33.3. The number of thiazole rings is 1. The monoisotopic (exact) mass is 669 g/mol. The van der Waals surface area contributed by atoms with Crippen LogP contribution >= 0.6 is 11.3 Å². The van der Waals surface area contributed by atoms with Crippen molar-refractivity contribution in [3.8, 4) is 10.4 Å². The van der Waals surface area contributed by atoms with Crippen molar-refractivity contribution < 1.29 is 23.1 Å². The van der Waals surface area contributed by atoms with Gasteiger partial charge >= 0.3 is 6.03 Å². The van der Waals surface area contributed by atoms with E-state index in [2.05, 4.69) is 20.7 Å². The number of hydrogen-bond donors (Lipinski definition) is 5. The fourth-order valence-electron chi connectivity index (χ4n) is 6.59. The molecule has 2 bridgehead atoms. The molecule has 1 aromatic heterocycles. The number of rotatable bonds is 11. The Hall–Kier alpha value is -2.87. The van der Waals surface area contributed by atoms with E-state index >= 15 is 0 Å². The first kappa shape index (κ1) is 34.5. The minimum atomic E-state index is -3.96. The summed E-state index contributed by atoms with van der Waals surface area (Å²) in [6.45, 7) is 11.1. The van der Waals surface area contributed by atoms with Crippen LogP contribution in [0.3, 0.4) is 0 Å². The molecule has 250 valence electrons. The topological polar surface area (TPSA) is 142 Å². The SMILES string of the molecule is CC(C)OC(O)NC12CCC(c3ncc(-c4ccc(NC(=O)N[C@@H](C)c5ccccc5)cc4S(=O)(=O)NC(C)(C)C)s3)(CC1)CC2. The van der Waals surface area contributed by atoms with Gasteiger partial charge in [0.15, 0.2) is 0 Å². The first-order valence-corrected chi connectivity index (χ1v) is 18.3. The first-order chi connectivity index (χ1) is 21.6. The Morgan fingerprint density at radius 2 is 1.65 bits per heavy atom. The Labute approximate surface area is 276 Å². The van der Waals surface area contributed by atoms with Gasteiger partial charge in [0.2, 0.25) is 16.4 Å². The van der Waals surface area contributed by atoms with Gasteiger partial charge in [0.05, 0.1) is 26.9 Å². The molecule has 2 amide bonds. The molecule has 3 aromatic rings. The molecule has 3 aliphatic carbocycles. The average molecular weight is 670 g/mol. The van der Waals surface area contributed by atoms with E-state index in [1.165, 1.54) is 17.4 Å². The second-order valence-electron chi connectivity index (χ2n) is 14.1. The lowest BCUT2D eigenvalue weighted by atomic mass is 9.57. The van der Waals surface area contributed by atoms with E-state index in [0.717, 1.165) is 54.0 Å². The molecular formula is C34H47N5O5S2. The molecule has 0 radical (unpaired) electrons. The third-order valence-corrected chi connectivity index (χ3v) is 12.0. The van der Waals surface area contributed by atoms with Crippen LogP contribution in [0, 0.1) is 0 Å². The second-order valence-corrected chi connectivity index (χ2v) is 16.8. The fraction of sp³-hybridized carbons (Fsp3) is 0.529. The number of sulfonamides is 1. The first-order valence-electron chi connectivity index (χ1n) is 16.0. The summed E-state index contributed by atoms with van der Waals surface area (Å²) in [5.74, 6) is 0. The van der Waals surface area contributed by atoms with Crippen LogP contribution in [0.15, 0.2) is 59.6 Å². The second kappa shape index (κ2) is 13.3. The van der Waals surface area contributed by atoms with E-state index in [4.69, 9.17) is 9.72 Å². The maximum atomic E-state index is 13.8. The number of carbonyl (C=O) groups is 1. The number of fused-ring (bicyclic) bond motifs is 3. The zero-order valence-electron chi connectivity index (χ0n) is 27.5. The summed E-state index contributed by atoms with van der Waals surface area (Å²) in [5.41, 5.74) is 0.932. The number of hydrogen-bond acceptors (Lipinski definition) is 8. The lowest BCUT2D eigenvalue weighted by molar-refractivity contribution is -0.166. The highest BCUT2D eigenvalue weighted by molar-refractivity contribution is 7.89. The summed E-state index contributed by atoms with van der Waals surface area (Å²) < 4.78 is 35.9. The Morgan fingerprint density at radius 3 is 2.26 bits per heavy atom. The van der Waals surface area contributed by atoms with Gasteiger partial charge in [-0.2, -0.15) is 0 Å². The van der Waals surface area contributed by atoms with Crippen LogP contribution in [0.2, 0.25) is 0 Å². The Morgan fingerprint density at radius 1 is 1.00 bits per heavy atom. The predicted molar refractivity (Wildman–Crippen MR) is 182 cm³/mol. The molecule has 2 aromatic carbocycles. The molecule has 0 saturated heterocycles. The third kappa shape index (κ3) is 7.98. The standard InChI is InChI=1S/C34H47N5O5S2/c1-22(2)44-31(41)38-34-17-14-33(15-18-34,16-19-34)29-35-21-27(45-29)26-13-12-25(20-28(26)46(42,43)39-32(4,5)6)37-30(40)36-23(3)24-10-8-7-9-11-24/h7-13,20-23,31,38-39,41H,14-19H2,1-6H3,(H2,36,37,40)/t23-,31?,33?,34?/m0/s1. The molecule has 5 N–H and O–H groups in total. The van der Waals surface area contributed by atoms with E-state index in [0.29, 0.717) is 11.3 Å². The highest BCUT2D eigenvalue weighted by Gasteiger charge is 2.51. The van der Waals surface area contributed by atoms with Crippen molar-refractivity contribution in [3.05, 3.63) is 65.3 Å². The molecule has 3 aliphatic rings. The smallest absolute Gasteiger partial charge is 0.319 e. The van der Waals surface area contributed by atoms with Crippen LogP contribution in [0.5, 0.6) is 0 Å². The number of amides is 2. The molecular weight excluding hydrogens is 623 g/mol. The molecule has 3 fully saturated rings. The van der Waals surface area contributed by atoms with E-state index in [-0.39, 0.29) is 28.0 Å². The number of nitrogens with one attached hydrogen (secondary N) is 4. The number of aromatic nitrogens is 1. The van der Waals surface area contributed by atoms with E-state index in [9.17, 15) is 18.3 Å². The van der Waals surface area contributed by atoms with Crippen LogP contribution in [-0.2, 0) is 20.2 Å². The van der Waals surface area contributed by atoms with Gasteiger partial charge in [0.1, 0.15) is 0 Å². The van der Waals surface area contributed by atoms with Crippen LogP contribution < -0.4 is 20.7 Å². The van der Waals surface area contributed by atoms with Crippen molar-refractivity contribution in [1.29, 1.82) is 0 Å². The lowest BCUT2D eigenvalue weighted by Gasteiger charge is -2.53. The number of carbonyl (C=O) groups excluding carboxylic acids is 1. The van der Waals surface area contributed by atoms with Gasteiger partial charge in [0, 0.05) is 33.9 Å². The normalized spacial score (nSPS) is 22.9. The largest absolute Gasteiger partial charge is 0.356 e. The summed E-state index contributed by atoms with van der Waals surface area (Å²) in [6.07, 6.45) is 6.21. The molecule has 1 heterocycles. The molecule has 6 rings (SSSR count). The Kier molecular flexibility index (Phi) is 9.98. The van der Waals surface area contributed by atoms with E-state index in [1.54, 1.807) is 39.1 Å². The number of ether oxygens (including phenoxy) is 1. The molecule has 1 unspecified atom stereocenters. The van der Waals surface area contributed by atoms with Crippen molar-refractivity contribution in [1.82, 2.24) is 20.3 Å². The van der Waals surface area contributed by atoms with Gasteiger partial charge in [-0.1, -0.05) is 36.4 Å². The van der Waals surface area contributed by atoms with Crippen molar-refractivity contribution in [2.24, 2.45) is 0 Å². The third-order valence-electron chi connectivity index (χ3n) is 8.92. The highest BCUT2D eigenvalue weighted by Crippen LogP contribution is 2.55. The number of aliphatic hydroxyl groups excluding tert-OH is 1.